The third kappa shape index (κ3) is 2.29. The highest BCUT2D eigenvalue weighted by molar-refractivity contribution is 5.78. The first kappa shape index (κ1) is 11.7. The van der Waals surface area contributed by atoms with Gasteiger partial charge >= 0.3 is 0 Å². The highest BCUT2D eigenvalue weighted by atomic mass is 19.1. The van der Waals surface area contributed by atoms with Gasteiger partial charge in [0, 0.05) is 25.5 Å². The van der Waals surface area contributed by atoms with Crippen molar-refractivity contribution in [3.05, 3.63) is 42.5 Å². The van der Waals surface area contributed by atoms with Crippen LogP contribution in [0.15, 0.2) is 36.7 Å². The minimum absolute atomic E-state index is 0.277. The number of aryl methyl sites for hydroxylation is 2. The lowest BCUT2D eigenvalue weighted by Crippen LogP contribution is -2.07. The molecule has 0 unspecified atom stereocenters. The molecular formula is C13H14FN5. The molecule has 2 N–H and O–H groups in total. The average molecular weight is 259 g/mol. The topological polar surface area (TPSA) is 61.7 Å². The number of halogens is 1. The number of anilines is 1. The van der Waals surface area contributed by atoms with Crippen molar-refractivity contribution < 1.29 is 4.39 Å². The van der Waals surface area contributed by atoms with Gasteiger partial charge in [0.05, 0.1) is 11.0 Å². The van der Waals surface area contributed by atoms with Crippen LogP contribution in [0.1, 0.15) is 6.42 Å². The van der Waals surface area contributed by atoms with Gasteiger partial charge in [0.15, 0.2) is 0 Å². The van der Waals surface area contributed by atoms with Crippen molar-refractivity contribution in [1.29, 1.82) is 0 Å². The molecule has 0 amide bonds. The first-order valence-corrected chi connectivity index (χ1v) is 6.13. The van der Waals surface area contributed by atoms with Gasteiger partial charge in [-0.3, -0.25) is 4.68 Å². The molecule has 0 saturated heterocycles. The summed E-state index contributed by atoms with van der Waals surface area (Å²) in [7, 11) is 0. The van der Waals surface area contributed by atoms with Crippen molar-refractivity contribution in [2.45, 2.75) is 19.5 Å². The molecule has 5 nitrogen and oxygen atoms in total. The number of aromatic nitrogens is 4. The third-order valence-electron chi connectivity index (χ3n) is 3.07. The van der Waals surface area contributed by atoms with Crippen molar-refractivity contribution >= 4 is 17.0 Å². The van der Waals surface area contributed by atoms with Gasteiger partial charge in [-0.25, -0.2) is 9.37 Å². The molecule has 3 aromatic rings. The molecule has 3 rings (SSSR count). The Balaban J connectivity index is 1.80. The van der Waals surface area contributed by atoms with Crippen LogP contribution in [-0.2, 0) is 13.1 Å². The van der Waals surface area contributed by atoms with Crippen molar-refractivity contribution in [3.63, 3.8) is 0 Å². The summed E-state index contributed by atoms with van der Waals surface area (Å²) in [6, 6.07) is 6.39. The van der Waals surface area contributed by atoms with Gasteiger partial charge in [-0.15, -0.1) is 0 Å². The van der Waals surface area contributed by atoms with Gasteiger partial charge in [0.2, 0.25) is 5.95 Å². The zero-order chi connectivity index (χ0) is 13.2. The monoisotopic (exact) mass is 259 g/mol. The Hall–Kier alpha value is -2.37. The minimum Gasteiger partial charge on any atom is -0.369 e. The second-order valence-electron chi connectivity index (χ2n) is 4.38. The lowest BCUT2D eigenvalue weighted by Gasteiger charge is -2.06. The van der Waals surface area contributed by atoms with Crippen molar-refractivity contribution in [2.75, 3.05) is 5.73 Å². The molecular weight excluding hydrogens is 245 g/mol. The molecule has 0 fully saturated rings. The molecule has 0 bridgehead atoms. The molecule has 0 aliphatic rings. The van der Waals surface area contributed by atoms with E-state index in [1.165, 1.54) is 12.1 Å². The van der Waals surface area contributed by atoms with Crippen LogP contribution < -0.4 is 5.73 Å². The van der Waals surface area contributed by atoms with Crippen molar-refractivity contribution in [2.24, 2.45) is 0 Å². The second kappa shape index (κ2) is 4.72. The highest BCUT2D eigenvalue weighted by Crippen LogP contribution is 2.19. The molecule has 1 aromatic carbocycles. The van der Waals surface area contributed by atoms with Crippen LogP contribution >= 0.6 is 0 Å². The van der Waals surface area contributed by atoms with Gasteiger partial charge in [-0.05, 0) is 30.7 Å². The van der Waals surface area contributed by atoms with Crippen LogP contribution in [0.3, 0.4) is 0 Å². The van der Waals surface area contributed by atoms with E-state index in [2.05, 4.69) is 10.1 Å². The predicted molar refractivity (Wildman–Crippen MR) is 70.9 cm³/mol. The maximum Gasteiger partial charge on any atom is 0.201 e. The van der Waals surface area contributed by atoms with Gasteiger partial charge in [0.1, 0.15) is 5.82 Å². The number of nitrogens with zero attached hydrogens (tertiary/aromatic N) is 4. The van der Waals surface area contributed by atoms with Crippen LogP contribution in [0.25, 0.3) is 11.0 Å². The summed E-state index contributed by atoms with van der Waals surface area (Å²) in [5.41, 5.74) is 7.32. The fraction of sp³-hybridized carbons (Fsp3) is 0.231. The molecule has 0 spiro atoms. The fourth-order valence-corrected chi connectivity index (χ4v) is 2.17. The summed E-state index contributed by atoms with van der Waals surface area (Å²) in [5.74, 6) is 0.141. The number of nitrogens with two attached hydrogens (primary N) is 1. The molecule has 2 heterocycles. The Kier molecular flexibility index (Phi) is 2.91. The maximum absolute atomic E-state index is 13.3. The summed E-state index contributed by atoms with van der Waals surface area (Å²) >= 11 is 0. The summed E-state index contributed by atoms with van der Waals surface area (Å²) in [5, 5.41) is 4.13. The first-order chi connectivity index (χ1) is 9.24. The van der Waals surface area contributed by atoms with E-state index in [-0.39, 0.29) is 5.82 Å². The summed E-state index contributed by atoms with van der Waals surface area (Å²) < 4.78 is 17.0. The second-order valence-corrected chi connectivity index (χ2v) is 4.38. The normalized spacial score (nSPS) is 11.2. The molecule has 19 heavy (non-hydrogen) atoms. The van der Waals surface area contributed by atoms with E-state index in [0.29, 0.717) is 12.5 Å². The van der Waals surface area contributed by atoms with E-state index < -0.39 is 0 Å². The highest BCUT2D eigenvalue weighted by Gasteiger charge is 2.08. The van der Waals surface area contributed by atoms with E-state index in [9.17, 15) is 4.39 Å². The minimum atomic E-state index is -0.277. The molecule has 0 radical (unpaired) electrons. The van der Waals surface area contributed by atoms with Gasteiger partial charge in [-0.1, -0.05) is 0 Å². The van der Waals surface area contributed by atoms with Gasteiger partial charge < -0.3 is 10.3 Å². The lowest BCUT2D eigenvalue weighted by atomic mass is 10.3. The van der Waals surface area contributed by atoms with Crippen molar-refractivity contribution in [1.82, 2.24) is 19.3 Å². The molecule has 0 atom stereocenters. The molecule has 0 saturated carbocycles. The first-order valence-electron chi connectivity index (χ1n) is 6.13. The van der Waals surface area contributed by atoms with Crippen LogP contribution in [0.5, 0.6) is 0 Å². The smallest absolute Gasteiger partial charge is 0.201 e. The Bertz CT molecular complexity index is 686. The van der Waals surface area contributed by atoms with Gasteiger partial charge in [-0.2, -0.15) is 5.10 Å². The fourth-order valence-electron chi connectivity index (χ4n) is 2.17. The van der Waals surface area contributed by atoms with Crippen molar-refractivity contribution in [3.8, 4) is 0 Å². The number of imidazole rings is 1. The summed E-state index contributed by atoms with van der Waals surface area (Å²) in [4.78, 5) is 4.22. The zero-order valence-electron chi connectivity index (χ0n) is 10.3. The lowest BCUT2D eigenvalue weighted by molar-refractivity contribution is 0.534. The largest absolute Gasteiger partial charge is 0.369 e. The van der Waals surface area contributed by atoms with E-state index in [1.54, 1.807) is 12.3 Å². The number of hydrogen-bond acceptors (Lipinski definition) is 3. The maximum atomic E-state index is 13.3. The predicted octanol–water partition coefficient (Wildman–Crippen LogP) is 2.04. The molecule has 0 aliphatic carbocycles. The number of fused-ring (bicyclic) bond motifs is 1. The Labute approximate surface area is 109 Å². The number of benzene rings is 1. The van der Waals surface area contributed by atoms with E-state index in [1.807, 2.05) is 21.5 Å². The number of rotatable bonds is 4. The van der Waals surface area contributed by atoms with Crippen LogP contribution in [0.2, 0.25) is 0 Å². The van der Waals surface area contributed by atoms with E-state index in [0.717, 1.165) is 24.0 Å². The molecule has 0 aliphatic heterocycles. The summed E-state index contributed by atoms with van der Waals surface area (Å²) in [6.45, 7) is 1.48. The van der Waals surface area contributed by atoms with Gasteiger partial charge in [0.25, 0.3) is 0 Å². The SMILES string of the molecule is Nc1nc2ccc(F)cc2n1CCCn1cccn1. The van der Waals surface area contributed by atoms with Crippen LogP contribution in [0, 0.1) is 5.82 Å². The molecule has 6 heteroatoms. The average Bonchev–Trinajstić information content (AvgIpc) is 2.99. The molecule has 98 valence electrons. The zero-order valence-corrected chi connectivity index (χ0v) is 10.3. The molecule has 2 aromatic heterocycles. The standard InChI is InChI=1S/C13H14FN5/c14-10-3-4-11-12(9-10)19(13(15)17-11)8-2-7-18-6-1-5-16-18/h1,3-6,9H,2,7-8H2,(H2,15,17). The quantitative estimate of drug-likeness (QED) is 0.780. The number of hydrogen-bond donors (Lipinski definition) is 1. The third-order valence-corrected chi connectivity index (χ3v) is 3.07. The Morgan fingerprint density at radius 1 is 1.26 bits per heavy atom. The van der Waals surface area contributed by atoms with Crippen LogP contribution in [0.4, 0.5) is 10.3 Å². The van der Waals surface area contributed by atoms with E-state index >= 15 is 0 Å². The Morgan fingerprint density at radius 3 is 2.95 bits per heavy atom. The van der Waals surface area contributed by atoms with E-state index in [4.69, 9.17) is 5.73 Å². The van der Waals surface area contributed by atoms with Crippen LogP contribution in [-0.4, -0.2) is 19.3 Å². The number of nitrogen functional groups attached to an aromatic ring is 1. The summed E-state index contributed by atoms with van der Waals surface area (Å²) in [6.07, 6.45) is 4.51. The Morgan fingerprint density at radius 2 is 2.16 bits per heavy atom.